The van der Waals surface area contributed by atoms with Crippen LogP contribution in [0.4, 0.5) is 17.6 Å². The third-order valence-corrected chi connectivity index (χ3v) is 8.74. The molecule has 5 aromatic rings. The molecule has 1 aliphatic rings. The largest absolute Gasteiger partial charge is 0.481 e. The van der Waals surface area contributed by atoms with Gasteiger partial charge in [-0.25, -0.2) is 19.6 Å². The van der Waals surface area contributed by atoms with Gasteiger partial charge in [0.25, 0.3) is 0 Å². The van der Waals surface area contributed by atoms with Crippen molar-refractivity contribution in [3.05, 3.63) is 113 Å². The highest BCUT2D eigenvalue weighted by molar-refractivity contribution is 5.85. The van der Waals surface area contributed by atoms with Crippen LogP contribution in [0.15, 0.2) is 78.9 Å². The molecule has 6 rings (SSSR count). The fourth-order valence-electron chi connectivity index (χ4n) is 5.91. The van der Waals surface area contributed by atoms with E-state index in [0.717, 1.165) is 22.3 Å². The minimum atomic E-state index is -3.61. The van der Waals surface area contributed by atoms with Gasteiger partial charge in [0.1, 0.15) is 24.0 Å². The van der Waals surface area contributed by atoms with Crippen LogP contribution in [0.3, 0.4) is 0 Å². The second kappa shape index (κ2) is 13.3. The summed E-state index contributed by atoms with van der Waals surface area (Å²) in [5.74, 6) is 0.141. The Morgan fingerprint density at radius 2 is 1.94 bits per heavy atom. The Morgan fingerprint density at radius 1 is 1.12 bits per heavy atom. The van der Waals surface area contributed by atoms with Crippen LogP contribution in [0.5, 0.6) is 11.5 Å². The van der Waals surface area contributed by atoms with Crippen LogP contribution in [-0.4, -0.2) is 50.2 Å². The van der Waals surface area contributed by atoms with E-state index in [9.17, 15) is 9.90 Å². The molecule has 0 radical (unpaired) electrons. The fraction of sp³-hybridized carbons (Fsp3) is 0.257. The molecule has 14 heteroatoms. The lowest BCUT2D eigenvalue weighted by Gasteiger charge is -2.30. The number of hydrazine groups is 1. The third kappa shape index (κ3) is 6.96. The van der Waals surface area contributed by atoms with Crippen LogP contribution >= 0.6 is 0 Å². The number of hydrogen-bond acceptors (Lipinski definition) is 7. The van der Waals surface area contributed by atoms with E-state index in [-0.39, 0.29) is 60.9 Å². The summed E-state index contributed by atoms with van der Waals surface area (Å²) in [6.45, 7) is 0.371. The second-order valence-corrected chi connectivity index (χ2v) is 12.2. The van der Waals surface area contributed by atoms with Crippen LogP contribution in [0.1, 0.15) is 42.1 Å². The number of carboxylic acids is 1. The van der Waals surface area contributed by atoms with Crippen molar-refractivity contribution in [3.63, 3.8) is 0 Å². The van der Waals surface area contributed by atoms with Gasteiger partial charge in [0.15, 0.2) is 11.6 Å². The van der Waals surface area contributed by atoms with Gasteiger partial charge in [-0.3, -0.25) is 4.79 Å². The number of ether oxygens (including phenoxy) is 2. The number of aromatic amines is 2. The molecule has 0 amide bonds. The summed E-state index contributed by atoms with van der Waals surface area (Å²) in [5.41, 5.74) is 6.70. The highest BCUT2D eigenvalue weighted by Gasteiger charge is 2.36. The molecule has 3 heterocycles. The molecule has 0 spiro atoms. The van der Waals surface area contributed by atoms with Gasteiger partial charge in [-0.2, -0.15) is 8.78 Å². The normalized spacial score (nSPS) is 19.6. The maximum absolute atomic E-state index is 15.6. The lowest BCUT2D eigenvalue weighted by molar-refractivity contribution is -0.136. The number of nitrogens with one attached hydrogen (secondary N) is 2. The first-order valence-corrected chi connectivity index (χ1v) is 15.4. The van der Waals surface area contributed by atoms with E-state index in [2.05, 4.69) is 15.0 Å². The summed E-state index contributed by atoms with van der Waals surface area (Å²) in [6, 6.07) is 14.0. The van der Waals surface area contributed by atoms with E-state index >= 15 is 17.6 Å². The first-order chi connectivity index (χ1) is 23.3. The Morgan fingerprint density at radius 3 is 2.73 bits per heavy atom. The quantitative estimate of drug-likeness (QED) is 0.107. The maximum atomic E-state index is 15.6. The molecule has 2 aromatic heterocycles. The van der Waals surface area contributed by atoms with E-state index in [1.54, 1.807) is 24.4 Å². The van der Waals surface area contributed by atoms with Gasteiger partial charge in [-0.05, 0) is 55.2 Å². The number of halogens is 4. The molecule has 1 unspecified atom stereocenters. The molecule has 4 bridgehead atoms. The number of aryl methyl sites for hydroxylation is 1. The Hall–Kier alpha value is -5.34. The monoisotopic (exact) mass is 678 g/mol. The predicted molar refractivity (Wildman–Crippen MR) is 174 cm³/mol. The minimum Gasteiger partial charge on any atom is -0.481 e. The van der Waals surface area contributed by atoms with Gasteiger partial charge in [0.05, 0.1) is 17.8 Å². The number of hydrogen-bond donors (Lipinski definition) is 5. The molecular weight excluding hydrogens is 644 g/mol. The standard InChI is InChI=1S/C35H34F4N6O4/c1-34(21-4-2-3-20(13-21)5-8-31(46)47)10-12-48-19-35(38,39)29(40)18-45(41)17-25-23-9-11-42-28(23)15-27(37)32(25)49-22-6-7-26(36)24(14-22)33-43-16-30(34)44-33/h2-4,6-7,9,11,13-16,18,42H,5,8,10,12,17,19,40-41H2,1H3,(H,43,44)(H,46,47)/b29-18-. The highest BCUT2D eigenvalue weighted by Crippen LogP contribution is 2.39. The van der Waals surface area contributed by atoms with Crippen LogP contribution in [0.25, 0.3) is 22.3 Å². The third-order valence-electron chi connectivity index (χ3n) is 8.74. The van der Waals surface area contributed by atoms with E-state index in [1.807, 2.05) is 19.1 Å². The molecule has 0 aliphatic carbocycles. The minimum absolute atomic E-state index is 0.0379. The molecule has 10 nitrogen and oxygen atoms in total. The Bertz CT molecular complexity index is 2040. The van der Waals surface area contributed by atoms with Gasteiger partial charge in [-0.1, -0.05) is 24.3 Å². The van der Waals surface area contributed by atoms with Crippen molar-refractivity contribution in [2.24, 2.45) is 11.6 Å². The first-order valence-electron chi connectivity index (χ1n) is 15.4. The molecular formula is C35H34F4N6O4. The lowest BCUT2D eigenvalue weighted by atomic mass is 9.76. The number of aromatic nitrogens is 3. The van der Waals surface area contributed by atoms with Crippen LogP contribution < -0.4 is 16.3 Å². The topological polar surface area (TPSA) is 156 Å². The van der Waals surface area contributed by atoms with Crippen molar-refractivity contribution in [2.45, 2.75) is 44.1 Å². The Balaban J connectivity index is 1.46. The smallest absolute Gasteiger partial charge is 0.311 e. The Kier molecular flexibility index (Phi) is 9.10. The molecule has 7 N–H and O–H groups in total. The number of fused-ring (bicyclic) bond motifs is 8. The van der Waals surface area contributed by atoms with Crippen LogP contribution in [0.2, 0.25) is 0 Å². The molecule has 3 aromatic carbocycles. The van der Waals surface area contributed by atoms with Crippen molar-refractivity contribution < 1.29 is 36.9 Å². The van der Waals surface area contributed by atoms with Gasteiger partial charge >= 0.3 is 11.9 Å². The van der Waals surface area contributed by atoms with Gasteiger partial charge < -0.3 is 35.3 Å². The summed E-state index contributed by atoms with van der Waals surface area (Å²) < 4.78 is 72.9. The van der Waals surface area contributed by atoms with Crippen molar-refractivity contribution in [3.8, 4) is 22.9 Å². The van der Waals surface area contributed by atoms with Gasteiger partial charge in [0, 0.05) is 65.3 Å². The fourth-order valence-corrected chi connectivity index (χ4v) is 5.91. The van der Waals surface area contributed by atoms with Crippen molar-refractivity contribution in [1.82, 2.24) is 20.0 Å². The zero-order chi connectivity index (χ0) is 34.9. The molecule has 256 valence electrons. The SMILES string of the molecule is CC1(c2cccc(CCC(=O)O)c2)CCOCC(F)(F)/C(N)=C/N(N)Cc2c(c(F)cc3[nH]ccc23)Oc2ccc(F)c(c2)-c2ncc1[nH]2. The number of carboxylic acid groups (broad SMARTS) is 1. The number of aliphatic carboxylic acids is 1. The zero-order valence-corrected chi connectivity index (χ0v) is 26.4. The van der Waals surface area contributed by atoms with Crippen LogP contribution in [0, 0.1) is 11.6 Å². The molecule has 0 saturated carbocycles. The summed E-state index contributed by atoms with van der Waals surface area (Å²) >= 11 is 0. The highest BCUT2D eigenvalue weighted by atomic mass is 19.3. The number of H-pyrrole nitrogens is 2. The number of nitrogens with zero attached hydrogens (tertiary/aromatic N) is 2. The first kappa shape index (κ1) is 33.6. The number of nitrogens with two attached hydrogens (primary N) is 2. The maximum Gasteiger partial charge on any atom is 0.311 e. The Labute approximate surface area is 278 Å². The molecule has 0 fully saturated rings. The summed E-state index contributed by atoms with van der Waals surface area (Å²) in [7, 11) is 0. The average molecular weight is 679 g/mol. The average Bonchev–Trinajstić information content (AvgIpc) is 3.75. The number of benzene rings is 3. The van der Waals surface area contributed by atoms with E-state index in [1.165, 1.54) is 30.5 Å². The summed E-state index contributed by atoms with van der Waals surface area (Å²) in [4.78, 5) is 21.8. The van der Waals surface area contributed by atoms with E-state index in [0.29, 0.717) is 16.6 Å². The molecule has 1 atom stereocenters. The van der Waals surface area contributed by atoms with Crippen molar-refractivity contribution in [1.29, 1.82) is 0 Å². The lowest BCUT2D eigenvalue weighted by Crippen LogP contribution is -2.35. The molecule has 49 heavy (non-hydrogen) atoms. The zero-order valence-electron chi connectivity index (χ0n) is 26.4. The molecule has 1 aliphatic heterocycles. The van der Waals surface area contributed by atoms with Crippen molar-refractivity contribution >= 4 is 16.9 Å². The number of rotatable bonds is 4. The van der Waals surface area contributed by atoms with Crippen LogP contribution in [-0.2, 0) is 27.9 Å². The number of carbonyl (C=O) groups is 1. The van der Waals surface area contributed by atoms with Gasteiger partial charge in [0.2, 0.25) is 0 Å². The predicted octanol–water partition coefficient (Wildman–Crippen LogP) is 6.48. The number of imidazole rings is 1. The van der Waals surface area contributed by atoms with E-state index in [4.69, 9.17) is 21.1 Å². The van der Waals surface area contributed by atoms with Crippen molar-refractivity contribution in [2.75, 3.05) is 13.2 Å². The number of alkyl halides is 2. The second-order valence-electron chi connectivity index (χ2n) is 12.2. The van der Waals surface area contributed by atoms with E-state index < -0.39 is 41.2 Å². The van der Waals surface area contributed by atoms with Gasteiger partial charge in [-0.15, -0.1) is 0 Å². The summed E-state index contributed by atoms with van der Waals surface area (Å²) in [6.07, 6.45) is 4.33. The summed E-state index contributed by atoms with van der Waals surface area (Å²) in [5, 5.41) is 10.6. The molecule has 0 saturated heterocycles.